The van der Waals surface area contributed by atoms with Crippen molar-refractivity contribution < 1.29 is 9.90 Å². The maximum Gasteiger partial charge on any atom is 0.317 e. The average Bonchev–Trinajstić information content (AvgIpc) is 2.45. The second-order valence-electron chi connectivity index (χ2n) is 6.77. The highest BCUT2D eigenvalue weighted by Gasteiger charge is 2.30. The van der Waals surface area contributed by atoms with Gasteiger partial charge in [0.15, 0.2) is 0 Å². The highest BCUT2D eigenvalue weighted by molar-refractivity contribution is 5.69. The Kier molecular flexibility index (Phi) is 11.7. The van der Waals surface area contributed by atoms with Gasteiger partial charge in [-0.05, 0) is 25.2 Å². The van der Waals surface area contributed by atoms with Crippen molar-refractivity contribution in [3.63, 3.8) is 0 Å². The smallest absolute Gasteiger partial charge is 0.317 e. The molecule has 3 heteroatoms. The van der Waals surface area contributed by atoms with Crippen LogP contribution in [0.15, 0.2) is 0 Å². The predicted octanol–water partition coefficient (Wildman–Crippen LogP) is 5.00. The number of carboxylic acids is 1. The molecule has 0 fully saturated rings. The molecule has 0 aliphatic carbocycles. The van der Waals surface area contributed by atoms with Crippen molar-refractivity contribution in [1.29, 1.82) is 0 Å². The van der Waals surface area contributed by atoms with Crippen LogP contribution in [0.25, 0.3) is 0 Å². The van der Waals surface area contributed by atoms with Gasteiger partial charge in [-0.15, -0.1) is 0 Å². The van der Waals surface area contributed by atoms with Crippen molar-refractivity contribution in [3.05, 3.63) is 0 Å². The van der Waals surface area contributed by atoms with Crippen LogP contribution in [-0.2, 0) is 4.79 Å². The van der Waals surface area contributed by atoms with Gasteiger partial charge in [-0.25, -0.2) is 0 Å². The first-order valence-corrected chi connectivity index (χ1v) is 8.91. The van der Waals surface area contributed by atoms with Crippen molar-refractivity contribution in [1.82, 2.24) is 5.32 Å². The lowest BCUT2D eigenvalue weighted by molar-refractivity contribution is -0.136. The van der Waals surface area contributed by atoms with Crippen LogP contribution in [0.2, 0.25) is 0 Å². The molecule has 0 saturated heterocycles. The zero-order valence-corrected chi connectivity index (χ0v) is 14.7. The van der Waals surface area contributed by atoms with E-state index in [9.17, 15) is 4.79 Å². The molecule has 1 unspecified atom stereocenters. The van der Waals surface area contributed by atoms with Gasteiger partial charge in [0.05, 0.1) is 6.54 Å². The molecular weight excluding hydrogens is 262 g/mol. The average molecular weight is 299 g/mol. The molecule has 0 aromatic carbocycles. The Morgan fingerprint density at radius 3 is 1.86 bits per heavy atom. The van der Waals surface area contributed by atoms with E-state index in [0.29, 0.717) is 0 Å². The number of hydrogen-bond donors (Lipinski definition) is 2. The van der Waals surface area contributed by atoms with E-state index in [1.165, 1.54) is 64.2 Å². The van der Waals surface area contributed by atoms with Crippen LogP contribution in [0.3, 0.4) is 0 Å². The fraction of sp³-hybridized carbons (Fsp3) is 0.944. The molecule has 0 rings (SSSR count). The molecule has 0 aromatic heterocycles. The normalized spacial score (nSPS) is 13.3. The van der Waals surface area contributed by atoms with Gasteiger partial charge in [0.2, 0.25) is 0 Å². The van der Waals surface area contributed by atoms with E-state index in [2.05, 4.69) is 33.0 Å². The molecule has 0 heterocycles. The van der Waals surface area contributed by atoms with E-state index in [-0.39, 0.29) is 18.0 Å². The number of rotatable bonds is 14. The summed E-state index contributed by atoms with van der Waals surface area (Å²) < 4.78 is 0. The Morgan fingerprint density at radius 1 is 1.00 bits per heavy atom. The van der Waals surface area contributed by atoms with Gasteiger partial charge < -0.3 is 10.4 Å². The molecule has 0 amide bonds. The molecule has 1 atom stereocenters. The first-order chi connectivity index (χ1) is 9.96. The van der Waals surface area contributed by atoms with E-state index in [0.717, 1.165) is 0 Å². The monoisotopic (exact) mass is 299 g/mol. The molecule has 126 valence electrons. The largest absolute Gasteiger partial charge is 0.480 e. The molecule has 2 N–H and O–H groups in total. The topological polar surface area (TPSA) is 49.3 Å². The summed E-state index contributed by atoms with van der Waals surface area (Å²) in [6.07, 6.45) is 12.7. The maximum absolute atomic E-state index is 10.8. The quantitative estimate of drug-likeness (QED) is 0.444. The molecule has 21 heavy (non-hydrogen) atoms. The van der Waals surface area contributed by atoms with Crippen molar-refractivity contribution in [2.75, 3.05) is 6.54 Å². The summed E-state index contributed by atoms with van der Waals surface area (Å²) >= 11 is 0. The molecule has 0 aliphatic rings. The summed E-state index contributed by atoms with van der Waals surface area (Å²) in [6, 6.07) is 0.261. The molecule has 3 nitrogen and oxygen atoms in total. The first-order valence-electron chi connectivity index (χ1n) is 8.91. The van der Waals surface area contributed by atoms with Crippen molar-refractivity contribution in [3.8, 4) is 0 Å². The highest BCUT2D eigenvalue weighted by Crippen LogP contribution is 2.34. The fourth-order valence-electron chi connectivity index (χ4n) is 2.96. The summed E-state index contributed by atoms with van der Waals surface area (Å²) in [6.45, 7) is 9.04. The molecule has 0 spiro atoms. The highest BCUT2D eigenvalue weighted by atomic mass is 16.4. The number of carbonyl (C=O) groups is 1. The molecule has 0 aliphatic heterocycles. The molecule has 0 aromatic rings. The van der Waals surface area contributed by atoms with Gasteiger partial charge in [-0.1, -0.05) is 72.1 Å². The predicted molar refractivity (Wildman–Crippen MR) is 90.7 cm³/mol. The number of unbranched alkanes of at least 4 members (excludes halogenated alkanes) is 6. The number of hydrogen-bond acceptors (Lipinski definition) is 2. The Morgan fingerprint density at radius 2 is 1.48 bits per heavy atom. The molecule has 0 bridgehead atoms. The fourth-order valence-corrected chi connectivity index (χ4v) is 2.96. The molecule has 0 saturated carbocycles. The lowest BCUT2D eigenvalue weighted by Crippen LogP contribution is -2.43. The maximum atomic E-state index is 10.8. The third kappa shape index (κ3) is 9.89. The Labute approximate surface area is 131 Å². The summed E-state index contributed by atoms with van der Waals surface area (Å²) in [4.78, 5) is 10.8. The lowest BCUT2D eigenvalue weighted by Gasteiger charge is -2.37. The van der Waals surface area contributed by atoms with Crippen LogP contribution < -0.4 is 5.32 Å². The van der Waals surface area contributed by atoms with E-state index in [1.54, 1.807) is 0 Å². The SMILES string of the molecule is CCCCCCC(C)(CCCCCC)C(C)NCC(=O)O. The zero-order valence-electron chi connectivity index (χ0n) is 14.7. The standard InChI is InChI=1S/C18H37NO2/c1-5-7-9-11-13-18(4,14-12-10-8-6-2)16(3)19-15-17(20)21/h16,19H,5-15H2,1-4H3,(H,20,21). The van der Waals surface area contributed by atoms with E-state index in [4.69, 9.17) is 5.11 Å². The van der Waals surface area contributed by atoms with Gasteiger partial charge in [0.1, 0.15) is 0 Å². The lowest BCUT2D eigenvalue weighted by atomic mass is 9.74. The summed E-state index contributed by atoms with van der Waals surface area (Å²) in [5.74, 6) is -0.763. The van der Waals surface area contributed by atoms with Gasteiger partial charge in [0.25, 0.3) is 0 Å². The minimum atomic E-state index is -0.763. The van der Waals surface area contributed by atoms with Crippen molar-refractivity contribution in [2.45, 2.75) is 97.9 Å². The van der Waals surface area contributed by atoms with Crippen LogP contribution in [0.1, 0.15) is 91.9 Å². The Bertz CT molecular complexity index is 254. The van der Waals surface area contributed by atoms with Gasteiger partial charge in [-0.3, -0.25) is 4.79 Å². The summed E-state index contributed by atoms with van der Waals surface area (Å²) in [5.41, 5.74) is 0.219. The van der Waals surface area contributed by atoms with Crippen molar-refractivity contribution >= 4 is 5.97 Å². The van der Waals surface area contributed by atoms with Crippen molar-refractivity contribution in [2.24, 2.45) is 5.41 Å². The number of nitrogens with one attached hydrogen (secondary N) is 1. The van der Waals surface area contributed by atoms with Crippen LogP contribution >= 0.6 is 0 Å². The number of aliphatic carboxylic acids is 1. The van der Waals surface area contributed by atoms with E-state index in [1.807, 2.05) is 0 Å². The molecular formula is C18H37NO2. The third-order valence-corrected chi connectivity index (χ3v) is 4.81. The summed E-state index contributed by atoms with van der Waals surface area (Å²) in [7, 11) is 0. The van der Waals surface area contributed by atoms with Gasteiger partial charge in [0, 0.05) is 6.04 Å². The third-order valence-electron chi connectivity index (χ3n) is 4.81. The first kappa shape index (κ1) is 20.4. The minimum Gasteiger partial charge on any atom is -0.480 e. The van der Waals surface area contributed by atoms with Gasteiger partial charge in [-0.2, -0.15) is 0 Å². The second-order valence-corrected chi connectivity index (χ2v) is 6.77. The Hall–Kier alpha value is -0.570. The zero-order chi connectivity index (χ0) is 16.1. The van der Waals surface area contributed by atoms with Crippen LogP contribution in [0.5, 0.6) is 0 Å². The molecule has 0 radical (unpaired) electrons. The van der Waals surface area contributed by atoms with E-state index < -0.39 is 5.97 Å². The van der Waals surface area contributed by atoms with E-state index >= 15 is 0 Å². The second kappa shape index (κ2) is 12.0. The summed E-state index contributed by atoms with van der Waals surface area (Å²) in [5, 5.41) is 12.1. The van der Waals surface area contributed by atoms with Crippen LogP contribution in [0, 0.1) is 5.41 Å². The Balaban J connectivity index is 4.37. The van der Waals surface area contributed by atoms with Crippen LogP contribution in [0.4, 0.5) is 0 Å². The van der Waals surface area contributed by atoms with Crippen LogP contribution in [-0.4, -0.2) is 23.7 Å². The number of carboxylic acid groups (broad SMARTS) is 1. The van der Waals surface area contributed by atoms with Gasteiger partial charge >= 0.3 is 5.97 Å². The minimum absolute atomic E-state index is 0.0701.